The first-order valence-corrected chi connectivity index (χ1v) is 10.2. The van der Waals surface area contributed by atoms with E-state index in [4.69, 9.17) is 0 Å². The Kier molecular flexibility index (Phi) is 7.03. The predicted molar refractivity (Wildman–Crippen MR) is 117 cm³/mol. The van der Waals surface area contributed by atoms with Gasteiger partial charge in [-0.1, -0.05) is 24.3 Å². The van der Waals surface area contributed by atoms with Crippen molar-refractivity contribution >= 4 is 47.3 Å². The van der Waals surface area contributed by atoms with E-state index in [1.807, 2.05) is 48.5 Å². The van der Waals surface area contributed by atoms with Gasteiger partial charge < -0.3 is 9.97 Å². The van der Waals surface area contributed by atoms with Crippen molar-refractivity contribution in [1.29, 1.82) is 0 Å². The van der Waals surface area contributed by atoms with Gasteiger partial charge >= 0.3 is 0 Å². The fourth-order valence-corrected chi connectivity index (χ4v) is 3.06. The number of imidazole rings is 2. The summed E-state index contributed by atoms with van der Waals surface area (Å²) in [4.78, 5) is 15.5. The minimum atomic E-state index is 0.914. The van der Waals surface area contributed by atoms with Crippen LogP contribution < -0.4 is 0 Å². The molecule has 0 amide bonds. The molecule has 0 saturated carbocycles. The molecule has 0 atom stereocenters. The van der Waals surface area contributed by atoms with Gasteiger partial charge in [-0.05, 0) is 48.6 Å². The summed E-state index contributed by atoms with van der Waals surface area (Å²) in [5.41, 5.74) is 4.35. The number of para-hydroxylation sites is 4. The second-order valence-corrected chi connectivity index (χ2v) is 6.95. The van der Waals surface area contributed by atoms with Crippen molar-refractivity contribution < 1.29 is 0 Å². The van der Waals surface area contributed by atoms with Crippen molar-refractivity contribution in [1.82, 2.24) is 19.9 Å². The SMILES string of the molecule is SCCCc1nc2ccccc2[nH]1.SCCCc1nc2ccccc2[nH]1. The molecule has 2 aromatic heterocycles. The monoisotopic (exact) mass is 384 g/mol. The second-order valence-electron chi connectivity index (χ2n) is 6.06. The van der Waals surface area contributed by atoms with Gasteiger partial charge in [0.1, 0.15) is 11.6 Å². The van der Waals surface area contributed by atoms with Gasteiger partial charge in [0.05, 0.1) is 22.1 Å². The van der Waals surface area contributed by atoms with E-state index < -0.39 is 0 Å². The van der Waals surface area contributed by atoms with Crippen molar-refractivity contribution in [3.05, 3.63) is 60.2 Å². The van der Waals surface area contributed by atoms with Crippen molar-refractivity contribution in [3.8, 4) is 0 Å². The highest BCUT2D eigenvalue weighted by Crippen LogP contribution is 2.12. The van der Waals surface area contributed by atoms with Crippen LogP contribution in [0.15, 0.2) is 48.5 Å². The first kappa shape index (κ1) is 18.9. The largest absolute Gasteiger partial charge is 0.342 e. The number of hydrogen-bond donors (Lipinski definition) is 4. The molecule has 0 bridgehead atoms. The van der Waals surface area contributed by atoms with Crippen LogP contribution in [-0.4, -0.2) is 31.4 Å². The smallest absolute Gasteiger partial charge is 0.107 e. The second kappa shape index (κ2) is 9.69. The summed E-state index contributed by atoms with van der Waals surface area (Å²) in [5.74, 6) is 3.96. The normalized spacial score (nSPS) is 10.8. The first-order chi connectivity index (χ1) is 12.8. The first-order valence-electron chi connectivity index (χ1n) is 8.89. The molecule has 26 heavy (non-hydrogen) atoms. The molecule has 2 aromatic carbocycles. The van der Waals surface area contributed by atoms with Gasteiger partial charge in [0, 0.05) is 12.8 Å². The summed E-state index contributed by atoms with van der Waals surface area (Å²) in [5, 5.41) is 0. The fraction of sp³-hybridized carbons (Fsp3) is 0.300. The molecule has 2 heterocycles. The minimum Gasteiger partial charge on any atom is -0.342 e. The number of nitrogens with one attached hydrogen (secondary N) is 2. The van der Waals surface area contributed by atoms with E-state index in [9.17, 15) is 0 Å². The number of rotatable bonds is 6. The zero-order valence-corrected chi connectivity index (χ0v) is 16.4. The van der Waals surface area contributed by atoms with Crippen LogP contribution >= 0.6 is 25.3 Å². The average molecular weight is 385 g/mol. The minimum absolute atomic E-state index is 0.914. The lowest BCUT2D eigenvalue weighted by molar-refractivity contribution is 0.872. The van der Waals surface area contributed by atoms with Crippen molar-refractivity contribution in [2.45, 2.75) is 25.7 Å². The van der Waals surface area contributed by atoms with Crippen molar-refractivity contribution in [2.75, 3.05) is 11.5 Å². The summed E-state index contributed by atoms with van der Waals surface area (Å²) < 4.78 is 0. The molecule has 6 heteroatoms. The quantitative estimate of drug-likeness (QED) is 0.359. The van der Waals surface area contributed by atoms with Crippen molar-refractivity contribution in [2.24, 2.45) is 0 Å². The predicted octanol–water partition coefficient (Wildman–Crippen LogP) is 4.85. The number of aryl methyl sites for hydroxylation is 2. The van der Waals surface area contributed by atoms with Gasteiger partial charge in [-0.2, -0.15) is 25.3 Å². The van der Waals surface area contributed by atoms with Crippen LogP contribution in [0, 0.1) is 0 Å². The number of aromatic amines is 2. The molecule has 4 aromatic rings. The van der Waals surface area contributed by atoms with Gasteiger partial charge in [0.15, 0.2) is 0 Å². The molecular weight excluding hydrogens is 360 g/mol. The molecule has 4 nitrogen and oxygen atoms in total. The lowest BCUT2D eigenvalue weighted by Crippen LogP contribution is -1.88. The highest BCUT2D eigenvalue weighted by atomic mass is 32.1. The molecule has 136 valence electrons. The maximum Gasteiger partial charge on any atom is 0.107 e. The third-order valence-corrected chi connectivity index (χ3v) is 4.65. The van der Waals surface area contributed by atoms with E-state index in [1.165, 1.54) is 0 Å². The number of thiol groups is 2. The Balaban J connectivity index is 0.000000151. The molecule has 0 radical (unpaired) electrons. The summed E-state index contributed by atoms with van der Waals surface area (Å²) in [7, 11) is 0. The topological polar surface area (TPSA) is 57.4 Å². The number of fused-ring (bicyclic) bond motifs is 2. The third-order valence-electron chi connectivity index (χ3n) is 4.02. The summed E-state index contributed by atoms with van der Waals surface area (Å²) in [6.45, 7) is 0. The molecule has 0 unspecified atom stereocenters. The Morgan fingerprint density at radius 1 is 0.654 bits per heavy atom. The van der Waals surface area contributed by atoms with Gasteiger partial charge in [0.2, 0.25) is 0 Å². The Labute approximate surface area is 164 Å². The highest BCUT2D eigenvalue weighted by molar-refractivity contribution is 7.80. The molecule has 0 aliphatic rings. The molecule has 2 N–H and O–H groups in total. The maximum absolute atomic E-state index is 4.46. The van der Waals surface area contributed by atoms with Crippen LogP contribution in [0.5, 0.6) is 0 Å². The summed E-state index contributed by atoms with van der Waals surface area (Å²) >= 11 is 8.34. The Morgan fingerprint density at radius 2 is 1.08 bits per heavy atom. The fourth-order valence-electron chi connectivity index (χ4n) is 2.74. The van der Waals surface area contributed by atoms with Gasteiger partial charge in [-0.15, -0.1) is 0 Å². The van der Waals surface area contributed by atoms with Crippen molar-refractivity contribution in [3.63, 3.8) is 0 Å². The van der Waals surface area contributed by atoms with E-state index in [0.29, 0.717) is 0 Å². The van der Waals surface area contributed by atoms with Crippen LogP contribution in [0.1, 0.15) is 24.5 Å². The van der Waals surface area contributed by atoms with Gasteiger partial charge in [0.25, 0.3) is 0 Å². The lowest BCUT2D eigenvalue weighted by Gasteiger charge is -1.90. The average Bonchev–Trinajstić information content (AvgIpc) is 3.28. The zero-order chi connectivity index (χ0) is 18.2. The third kappa shape index (κ3) is 5.05. The van der Waals surface area contributed by atoms with Crippen LogP contribution in [0.3, 0.4) is 0 Å². The van der Waals surface area contributed by atoms with E-state index in [-0.39, 0.29) is 0 Å². The number of H-pyrrole nitrogens is 2. The van der Waals surface area contributed by atoms with E-state index >= 15 is 0 Å². The Hall–Kier alpha value is -1.92. The maximum atomic E-state index is 4.46. The number of hydrogen-bond acceptors (Lipinski definition) is 4. The zero-order valence-electron chi connectivity index (χ0n) is 14.7. The summed E-state index contributed by atoms with van der Waals surface area (Å²) in [6.07, 6.45) is 4.11. The van der Waals surface area contributed by atoms with E-state index in [0.717, 1.165) is 70.9 Å². The summed E-state index contributed by atoms with van der Waals surface area (Å²) in [6, 6.07) is 16.2. The molecule has 0 spiro atoms. The molecule has 0 aliphatic heterocycles. The molecule has 0 aliphatic carbocycles. The van der Waals surface area contributed by atoms with Crippen LogP contribution in [0.4, 0.5) is 0 Å². The molecule has 0 saturated heterocycles. The van der Waals surface area contributed by atoms with E-state index in [2.05, 4.69) is 45.2 Å². The van der Waals surface area contributed by atoms with Gasteiger partial charge in [-0.25, -0.2) is 9.97 Å². The Morgan fingerprint density at radius 3 is 1.46 bits per heavy atom. The lowest BCUT2D eigenvalue weighted by atomic mass is 10.3. The molecule has 0 fully saturated rings. The standard InChI is InChI=1S/2C10H12N2S/c2*13-7-3-6-10-11-8-4-1-2-5-9(8)12-10/h2*1-2,4-5,13H,3,6-7H2,(H,11,12). The van der Waals surface area contributed by atoms with Crippen LogP contribution in [0.25, 0.3) is 22.1 Å². The Bertz CT molecular complexity index is 801. The number of aromatic nitrogens is 4. The number of benzene rings is 2. The number of nitrogens with zero attached hydrogens (tertiary/aromatic N) is 2. The van der Waals surface area contributed by atoms with E-state index in [1.54, 1.807) is 0 Å². The highest BCUT2D eigenvalue weighted by Gasteiger charge is 2.01. The van der Waals surface area contributed by atoms with Crippen LogP contribution in [-0.2, 0) is 12.8 Å². The molecule has 4 rings (SSSR count). The van der Waals surface area contributed by atoms with Gasteiger partial charge in [-0.3, -0.25) is 0 Å². The molecular formula is C20H24N4S2. The van der Waals surface area contributed by atoms with Crippen LogP contribution in [0.2, 0.25) is 0 Å².